The summed E-state index contributed by atoms with van der Waals surface area (Å²) < 4.78 is 2.11. The van der Waals surface area contributed by atoms with Gasteiger partial charge in [-0.1, -0.05) is 18.2 Å². The Morgan fingerprint density at radius 2 is 2.07 bits per heavy atom. The van der Waals surface area contributed by atoms with Gasteiger partial charge in [-0.3, -0.25) is 9.36 Å². The van der Waals surface area contributed by atoms with E-state index in [9.17, 15) is 4.79 Å². The van der Waals surface area contributed by atoms with E-state index in [4.69, 9.17) is 5.11 Å². The lowest BCUT2D eigenvalue weighted by Gasteiger charge is -2.33. The molecule has 1 fully saturated rings. The first-order valence-corrected chi connectivity index (χ1v) is 9.85. The summed E-state index contributed by atoms with van der Waals surface area (Å²) in [5.74, 6) is 0.946. The van der Waals surface area contributed by atoms with Crippen LogP contribution in [0.25, 0.3) is 16.7 Å². The second-order valence-electron chi connectivity index (χ2n) is 7.30. The highest BCUT2D eigenvalue weighted by atomic mass is 16.3. The van der Waals surface area contributed by atoms with Gasteiger partial charge in [-0.15, -0.1) is 0 Å². The molecule has 6 nitrogen and oxygen atoms in total. The summed E-state index contributed by atoms with van der Waals surface area (Å²) in [6.07, 6.45) is 2.00. The number of para-hydroxylation sites is 1. The number of likely N-dealkylation sites (tertiary alicyclic amines) is 1. The third-order valence-electron chi connectivity index (χ3n) is 5.34. The normalized spacial score (nSPS) is 17.2. The summed E-state index contributed by atoms with van der Waals surface area (Å²) in [5, 5.41) is 12.3. The Balaban J connectivity index is 1.59. The zero-order valence-corrected chi connectivity index (χ0v) is 16.1. The molecule has 146 valence electrons. The number of hydrogen-bond acceptors (Lipinski definition) is 4. The van der Waals surface area contributed by atoms with Crippen LogP contribution >= 0.6 is 0 Å². The molecule has 2 heterocycles. The van der Waals surface area contributed by atoms with E-state index in [-0.39, 0.29) is 18.6 Å². The zero-order valence-electron chi connectivity index (χ0n) is 16.1. The van der Waals surface area contributed by atoms with Crippen LogP contribution in [0, 0.1) is 6.92 Å². The van der Waals surface area contributed by atoms with E-state index in [1.165, 1.54) is 0 Å². The molecule has 0 aliphatic carbocycles. The Hall–Kier alpha value is -2.70. The van der Waals surface area contributed by atoms with Crippen molar-refractivity contribution in [1.82, 2.24) is 19.8 Å². The highest BCUT2D eigenvalue weighted by molar-refractivity contribution is 5.97. The molecule has 28 heavy (non-hydrogen) atoms. The number of nitrogens with zero attached hydrogens (tertiary/aromatic N) is 3. The largest absolute Gasteiger partial charge is 0.395 e. The molecule has 6 heteroatoms. The highest BCUT2D eigenvalue weighted by Crippen LogP contribution is 2.23. The number of fused-ring (bicyclic) bond motifs is 1. The number of carbonyl (C=O) groups is 1. The van der Waals surface area contributed by atoms with Gasteiger partial charge in [-0.05, 0) is 50.1 Å². The van der Waals surface area contributed by atoms with Gasteiger partial charge in [0.25, 0.3) is 5.91 Å². The Morgan fingerprint density at radius 1 is 1.25 bits per heavy atom. The van der Waals surface area contributed by atoms with E-state index in [0.29, 0.717) is 18.7 Å². The molecule has 4 rings (SSSR count). The average molecular weight is 378 g/mol. The first-order valence-electron chi connectivity index (χ1n) is 9.85. The number of hydrogen-bond donors (Lipinski definition) is 2. The van der Waals surface area contributed by atoms with E-state index in [1.54, 1.807) is 0 Å². The van der Waals surface area contributed by atoms with Crippen molar-refractivity contribution in [2.24, 2.45) is 0 Å². The van der Waals surface area contributed by atoms with Crippen molar-refractivity contribution >= 4 is 16.9 Å². The number of benzene rings is 2. The minimum atomic E-state index is 0.0457. The van der Waals surface area contributed by atoms with Gasteiger partial charge >= 0.3 is 0 Å². The van der Waals surface area contributed by atoms with Gasteiger partial charge in [0.1, 0.15) is 5.82 Å². The quantitative estimate of drug-likeness (QED) is 0.716. The average Bonchev–Trinajstić information content (AvgIpc) is 3.07. The first-order chi connectivity index (χ1) is 13.7. The van der Waals surface area contributed by atoms with Crippen LogP contribution in [-0.4, -0.2) is 57.7 Å². The Kier molecular flexibility index (Phi) is 5.41. The van der Waals surface area contributed by atoms with Crippen molar-refractivity contribution < 1.29 is 9.90 Å². The fourth-order valence-electron chi connectivity index (χ4n) is 4.02. The number of nitrogens with one attached hydrogen (secondary N) is 1. The summed E-state index contributed by atoms with van der Waals surface area (Å²) in [4.78, 5) is 19.6. The maximum Gasteiger partial charge on any atom is 0.253 e. The molecule has 1 aliphatic rings. The van der Waals surface area contributed by atoms with E-state index < -0.39 is 0 Å². The fraction of sp³-hybridized carbons (Fsp3) is 0.364. The minimum absolute atomic E-state index is 0.0457. The van der Waals surface area contributed by atoms with Crippen LogP contribution in [0.15, 0.2) is 48.5 Å². The Morgan fingerprint density at radius 3 is 2.86 bits per heavy atom. The first kappa shape index (κ1) is 18.7. The number of imidazole rings is 1. The lowest BCUT2D eigenvalue weighted by Crippen LogP contribution is -2.48. The molecule has 1 aliphatic heterocycles. The van der Waals surface area contributed by atoms with Crippen molar-refractivity contribution in [3.05, 3.63) is 59.9 Å². The second-order valence-corrected chi connectivity index (χ2v) is 7.30. The SMILES string of the molecule is Cc1nc2cc(C(=O)N3CCCC(NCCO)C3)ccc2n1-c1ccccc1. The third kappa shape index (κ3) is 3.66. The Labute approximate surface area is 164 Å². The van der Waals surface area contributed by atoms with Crippen molar-refractivity contribution in [2.45, 2.75) is 25.8 Å². The van der Waals surface area contributed by atoms with Crippen LogP contribution in [0.1, 0.15) is 29.0 Å². The zero-order chi connectivity index (χ0) is 19.5. The van der Waals surface area contributed by atoms with Gasteiger partial charge in [0.15, 0.2) is 0 Å². The van der Waals surface area contributed by atoms with Crippen LogP contribution in [0.4, 0.5) is 0 Å². The van der Waals surface area contributed by atoms with E-state index in [0.717, 1.165) is 41.9 Å². The summed E-state index contributed by atoms with van der Waals surface area (Å²) >= 11 is 0. The topological polar surface area (TPSA) is 70.4 Å². The standard InChI is InChI=1S/C22H26N4O2/c1-16-24-20-14-17(9-10-21(20)26(16)19-7-3-2-4-8-19)22(28)25-12-5-6-18(15-25)23-11-13-27/h2-4,7-10,14,18,23,27H,5-6,11-13,15H2,1H3. The van der Waals surface area contributed by atoms with Gasteiger partial charge < -0.3 is 15.3 Å². The highest BCUT2D eigenvalue weighted by Gasteiger charge is 2.24. The molecule has 0 spiro atoms. The molecule has 0 radical (unpaired) electrons. The molecule has 3 aromatic rings. The second kappa shape index (κ2) is 8.12. The van der Waals surface area contributed by atoms with Crippen molar-refractivity contribution in [2.75, 3.05) is 26.2 Å². The molecule has 1 aromatic heterocycles. The van der Waals surface area contributed by atoms with Crippen molar-refractivity contribution in [1.29, 1.82) is 0 Å². The summed E-state index contributed by atoms with van der Waals surface area (Å²) in [5.41, 5.74) is 3.57. The monoisotopic (exact) mass is 378 g/mol. The van der Waals surface area contributed by atoms with Gasteiger partial charge in [0.05, 0.1) is 17.6 Å². The summed E-state index contributed by atoms with van der Waals surface area (Å²) in [6.45, 7) is 4.11. The molecule has 0 bridgehead atoms. The minimum Gasteiger partial charge on any atom is -0.395 e. The predicted octanol–water partition coefficient (Wildman–Crippen LogP) is 2.52. The van der Waals surface area contributed by atoms with Gasteiger partial charge in [-0.2, -0.15) is 0 Å². The van der Waals surface area contributed by atoms with Crippen LogP contribution < -0.4 is 5.32 Å². The van der Waals surface area contributed by atoms with E-state index >= 15 is 0 Å². The summed E-state index contributed by atoms with van der Waals surface area (Å²) in [7, 11) is 0. The van der Waals surface area contributed by atoms with Crippen molar-refractivity contribution in [3.8, 4) is 5.69 Å². The predicted molar refractivity (Wildman–Crippen MR) is 110 cm³/mol. The number of amides is 1. The number of piperidine rings is 1. The van der Waals surface area contributed by atoms with Crippen LogP contribution in [-0.2, 0) is 0 Å². The fourth-order valence-corrected chi connectivity index (χ4v) is 4.02. The lowest BCUT2D eigenvalue weighted by atomic mass is 10.0. The molecular weight excluding hydrogens is 352 g/mol. The molecule has 2 N–H and O–H groups in total. The molecule has 2 aromatic carbocycles. The molecule has 1 amide bonds. The smallest absolute Gasteiger partial charge is 0.253 e. The van der Waals surface area contributed by atoms with Crippen LogP contribution in [0.3, 0.4) is 0 Å². The van der Waals surface area contributed by atoms with Gasteiger partial charge in [-0.25, -0.2) is 4.98 Å². The van der Waals surface area contributed by atoms with Crippen LogP contribution in [0.2, 0.25) is 0 Å². The molecule has 1 saturated heterocycles. The summed E-state index contributed by atoms with van der Waals surface area (Å²) in [6, 6.07) is 16.2. The number of aryl methyl sites for hydroxylation is 1. The molecule has 1 unspecified atom stereocenters. The van der Waals surface area contributed by atoms with Crippen LogP contribution in [0.5, 0.6) is 0 Å². The van der Waals surface area contributed by atoms with E-state index in [1.807, 2.05) is 48.2 Å². The maximum atomic E-state index is 13.0. The van der Waals surface area contributed by atoms with Crippen molar-refractivity contribution in [3.63, 3.8) is 0 Å². The molecular formula is C22H26N4O2. The van der Waals surface area contributed by atoms with Gasteiger partial charge in [0, 0.05) is 36.9 Å². The number of aliphatic hydroxyl groups excluding tert-OH is 1. The maximum absolute atomic E-state index is 13.0. The number of aromatic nitrogens is 2. The van der Waals surface area contributed by atoms with Gasteiger partial charge in [0.2, 0.25) is 0 Å². The lowest BCUT2D eigenvalue weighted by molar-refractivity contribution is 0.0693. The molecule has 0 saturated carbocycles. The number of carbonyl (C=O) groups excluding carboxylic acids is 1. The Bertz CT molecular complexity index is 967. The molecule has 1 atom stereocenters. The van der Waals surface area contributed by atoms with E-state index in [2.05, 4.69) is 27.0 Å². The third-order valence-corrected chi connectivity index (χ3v) is 5.34. The number of rotatable bonds is 5. The number of aliphatic hydroxyl groups is 1.